The molecule has 0 amide bonds. The number of pyridine rings is 1. The monoisotopic (exact) mass is 341 g/mol. The van der Waals surface area contributed by atoms with Crippen molar-refractivity contribution in [2.45, 2.75) is 12.5 Å². The molecule has 1 aromatic heterocycles. The summed E-state index contributed by atoms with van der Waals surface area (Å²) in [5.41, 5.74) is 1.76. The van der Waals surface area contributed by atoms with E-state index in [1.54, 1.807) is 13.3 Å². The van der Waals surface area contributed by atoms with Crippen LogP contribution in [0.5, 0.6) is 11.5 Å². The van der Waals surface area contributed by atoms with Crippen LogP contribution in [0.2, 0.25) is 0 Å². The number of nitrogens with zero attached hydrogens (tertiary/aromatic N) is 1. The first-order valence-electron chi connectivity index (χ1n) is 5.69. The van der Waals surface area contributed by atoms with Crippen LogP contribution in [0.1, 0.15) is 11.3 Å². The van der Waals surface area contributed by atoms with Gasteiger partial charge in [-0.1, -0.05) is 0 Å². The Hall–Kier alpha value is -1.26. The van der Waals surface area contributed by atoms with Crippen LogP contribution in [0.4, 0.5) is 0 Å². The molecule has 1 heterocycles. The molecule has 0 aliphatic rings. The van der Waals surface area contributed by atoms with Crippen LogP contribution in [0, 0.1) is 0 Å². The minimum atomic E-state index is 0.375. The summed E-state index contributed by atoms with van der Waals surface area (Å²) in [5, 5.41) is 0. The van der Waals surface area contributed by atoms with E-state index < -0.39 is 0 Å². The fourth-order valence-electron chi connectivity index (χ4n) is 1.57. The van der Waals surface area contributed by atoms with E-state index in [0.29, 0.717) is 12.5 Å². The summed E-state index contributed by atoms with van der Waals surface area (Å²) in [6.07, 6.45) is 1.75. The predicted molar refractivity (Wildman–Crippen MR) is 78.8 cm³/mol. The lowest BCUT2D eigenvalue weighted by molar-refractivity contribution is 0.298. The van der Waals surface area contributed by atoms with E-state index in [9.17, 15) is 0 Å². The average molecular weight is 343 g/mol. The fourth-order valence-corrected chi connectivity index (χ4v) is 2.01. The van der Waals surface area contributed by atoms with Crippen molar-refractivity contribution in [3.63, 3.8) is 0 Å². The van der Waals surface area contributed by atoms with Gasteiger partial charge in [0.15, 0.2) is 0 Å². The Bertz CT molecular complexity index is 546. The zero-order valence-electron chi connectivity index (χ0n) is 10.4. The molecule has 1 aromatic carbocycles. The molecule has 0 aliphatic carbocycles. The standard InChI is InChI=1S/C14H13BrClNO2/c1-18-13-4-5-14(10(6-13)7-16)19-9-12-3-2-11(15)8-17-12/h2-6,8H,7,9H2,1H3. The SMILES string of the molecule is COc1ccc(OCc2ccc(Br)cn2)c(CCl)c1. The third kappa shape index (κ3) is 3.85. The Kier molecular flexibility index (Phi) is 5.05. The van der Waals surface area contributed by atoms with Gasteiger partial charge in [0.2, 0.25) is 0 Å². The van der Waals surface area contributed by atoms with Crippen LogP contribution in [-0.4, -0.2) is 12.1 Å². The van der Waals surface area contributed by atoms with Gasteiger partial charge >= 0.3 is 0 Å². The lowest BCUT2D eigenvalue weighted by Crippen LogP contribution is -2.00. The first kappa shape index (κ1) is 14.2. The van der Waals surface area contributed by atoms with Gasteiger partial charge < -0.3 is 9.47 Å². The van der Waals surface area contributed by atoms with E-state index in [-0.39, 0.29) is 0 Å². The Labute approximate surface area is 125 Å². The molecule has 0 spiro atoms. The van der Waals surface area contributed by atoms with Crippen molar-refractivity contribution >= 4 is 27.5 Å². The lowest BCUT2D eigenvalue weighted by atomic mass is 10.2. The molecule has 0 N–H and O–H groups in total. The van der Waals surface area contributed by atoms with Crippen LogP contribution in [0.15, 0.2) is 41.0 Å². The highest BCUT2D eigenvalue weighted by Crippen LogP contribution is 2.26. The third-order valence-corrected chi connectivity index (χ3v) is 3.33. The predicted octanol–water partition coefficient (Wildman–Crippen LogP) is 4.17. The van der Waals surface area contributed by atoms with E-state index in [2.05, 4.69) is 20.9 Å². The second-order valence-electron chi connectivity index (χ2n) is 3.86. The Balaban J connectivity index is 2.08. The van der Waals surface area contributed by atoms with E-state index in [1.807, 2.05) is 30.3 Å². The fraction of sp³-hybridized carbons (Fsp3) is 0.214. The molecule has 0 saturated carbocycles. The van der Waals surface area contributed by atoms with Gasteiger partial charge in [0.1, 0.15) is 18.1 Å². The number of halogens is 2. The first-order valence-corrected chi connectivity index (χ1v) is 7.02. The summed E-state index contributed by atoms with van der Waals surface area (Å²) >= 11 is 9.25. The molecule has 0 unspecified atom stereocenters. The molecular weight excluding hydrogens is 330 g/mol. The van der Waals surface area contributed by atoms with Gasteiger partial charge in [-0.3, -0.25) is 4.98 Å². The lowest BCUT2D eigenvalue weighted by Gasteiger charge is -2.11. The molecule has 2 aromatic rings. The molecule has 19 heavy (non-hydrogen) atoms. The number of benzene rings is 1. The maximum absolute atomic E-state index is 5.91. The van der Waals surface area contributed by atoms with Gasteiger partial charge in [-0.15, -0.1) is 11.6 Å². The molecule has 0 radical (unpaired) electrons. The summed E-state index contributed by atoms with van der Waals surface area (Å²) in [5.74, 6) is 1.89. The quantitative estimate of drug-likeness (QED) is 0.764. The van der Waals surface area contributed by atoms with Gasteiger partial charge in [0.05, 0.1) is 18.7 Å². The Morgan fingerprint density at radius 3 is 2.74 bits per heavy atom. The zero-order chi connectivity index (χ0) is 13.7. The second-order valence-corrected chi connectivity index (χ2v) is 5.05. The van der Waals surface area contributed by atoms with Crippen molar-refractivity contribution in [1.82, 2.24) is 4.98 Å². The normalized spacial score (nSPS) is 10.3. The van der Waals surface area contributed by atoms with Crippen LogP contribution >= 0.6 is 27.5 Å². The summed E-state index contributed by atoms with van der Waals surface area (Å²) in [6.45, 7) is 0.406. The highest BCUT2D eigenvalue weighted by atomic mass is 79.9. The van der Waals surface area contributed by atoms with Crippen molar-refractivity contribution in [2.75, 3.05) is 7.11 Å². The Morgan fingerprint density at radius 2 is 2.11 bits per heavy atom. The highest BCUT2D eigenvalue weighted by molar-refractivity contribution is 9.10. The Morgan fingerprint density at radius 1 is 1.26 bits per heavy atom. The summed E-state index contributed by atoms with van der Waals surface area (Å²) in [4.78, 5) is 4.25. The third-order valence-electron chi connectivity index (χ3n) is 2.58. The van der Waals surface area contributed by atoms with Gasteiger partial charge in [-0.25, -0.2) is 0 Å². The van der Waals surface area contributed by atoms with Crippen LogP contribution in [0.25, 0.3) is 0 Å². The van der Waals surface area contributed by atoms with Gasteiger partial charge in [-0.2, -0.15) is 0 Å². The number of rotatable bonds is 5. The van der Waals surface area contributed by atoms with Crippen LogP contribution in [-0.2, 0) is 12.5 Å². The van der Waals surface area contributed by atoms with E-state index in [4.69, 9.17) is 21.1 Å². The van der Waals surface area contributed by atoms with E-state index in [1.165, 1.54) is 0 Å². The number of hydrogen-bond donors (Lipinski definition) is 0. The zero-order valence-corrected chi connectivity index (χ0v) is 12.7. The number of aromatic nitrogens is 1. The van der Waals surface area contributed by atoms with Crippen LogP contribution < -0.4 is 9.47 Å². The maximum atomic E-state index is 5.91. The molecule has 0 saturated heterocycles. The summed E-state index contributed by atoms with van der Waals surface area (Å²) in [7, 11) is 1.62. The average Bonchev–Trinajstić information content (AvgIpc) is 2.46. The van der Waals surface area contributed by atoms with E-state index >= 15 is 0 Å². The molecule has 100 valence electrons. The molecule has 0 aliphatic heterocycles. The second kappa shape index (κ2) is 6.78. The minimum Gasteiger partial charge on any atom is -0.497 e. The molecular formula is C14H13BrClNO2. The van der Waals surface area contributed by atoms with Gasteiger partial charge in [0, 0.05) is 16.2 Å². The van der Waals surface area contributed by atoms with Gasteiger partial charge in [0.25, 0.3) is 0 Å². The van der Waals surface area contributed by atoms with Crippen molar-refractivity contribution in [2.24, 2.45) is 0 Å². The molecule has 5 heteroatoms. The number of methoxy groups -OCH3 is 1. The molecule has 0 atom stereocenters. The first-order chi connectivity index (χ1) is 9.22. The molecule has 0 bridgehead atoms. The molecule has 0 fully saturated rings. The minimum absolute atomic E-state index is 0.375. The van der Waals surface area contributed by atoms with Gasteiger partial charge in [-0.05, 0) is 46.3 Å². The van der Waals surface area contributed by atoms with E-state index in [0.717, 1.165) is 27.2 Å². The summed E-state index contributed by atoms with van der Waals surface area (Å²) in [6, 6.07) is 9.42. The number of hydrogen-bond acceptors (Lipinski definition) is 3. The number of ether oxygens (including phenoxy) is 2. The van der Waals surface area contributed by atoms with Crippen molar-refractivity contribution in [3.8, 4) is 11.5 Å². The largest absolute Gasteiger partial charge is 0.497 e. The smallest absolute Gasteiger partial charge is 0.130 e. The highest BCUT2D eigenvalue weighted by Gasteiger charge is 2.05. The van der Waals surface area contributed by atoms with Crippen molar-refractivity contribution in [3.05, 3.63) is 52.3 Å². The topological polar surface area (TPSA) is 31.4 Å². The molecule has 2 rings (SSSR count). The van der Waals surface area contributed by atoms with Crippen molar-refractivity contribution < 1.29 is 9.47 Å². The number of alkyl halides is 1. The summed E-state index contributed by atoms with van der Waals surface area (Å²) < 4.78 is 11.8. The van der Waals surface area contributed by atoms with Crippen molar-refractivity contribution in [1.29, 1.82) is 0 Å². The molecule has 3 nitrogen and oxygen atoms in total. The van der Waals surface area contributed by atoms with Crippen LogP contribution in [0.3, 0.4) is 0 Å². The maximum Gasteiger partial charge on any atom is 0.130 e.